The average molecular weight is 162 g/mol. The van der Waals surface area contributed by atoms with Crippen LogP contribution in [0.15, 0.2) is 28.9 Å². The molecule has 0 atom stereocenters. The molecule has 60 valence electrons. The summed E-state index contributed by atoms with van der Waals surface area (Å²) in [5, 5.41) is 10.1. The van der Waals surface area contributed by atoms with Gasteiger partial charge in [-0.1, -0.05) is 0 Å². The molecule has 0 saturated carbocycles. The molecule has 2 rings (SSSR count). The number of aromatic hydroxyl groups is 1. The van der Waals surface area contributed by atoms with Crippen LogP contribution in [0.4, 0.5) is 0 Å². The van der Waals surface area contributed by atoms with Crippen molar-refractivity contribution in [2.45, 2.75) is 0 Å². The van der Waals surface area contributed by atoms with E-state index in [0.717, 1.165) is 5.39 Å². The standard InChI is InChI=1S/C9H6O3/c10-5-7-3-6-1-2-12-9(6)4-8(7)11/h1-5,11H. The largest absolute Gasteiger partial charge is 0.507 e. The molecule has 0 aliphatic rings. The highest BCUT2D eigenvalue weighted by Gasteiger charge is 2.03. The molecule has 0 aliphatic carbocycles. The zero-order valence-corrected chi connectivity index (χ0v) is 6.15. The van der Waals surface area contributed by atoms with E-state index in [1.807, 2.05) is 0 Å². The number of aldehydes is 1. The minimum absolute atomic E-state index is 0.0487. The maximum absolute atomic E-state index is 10.4. The van der Waals surface area contributed by atoms with Gasteiger partial charge in [0.1, 0.15) is 11.3 Å². The maximum atomic E-state index is 10.4. The Morgan fingerprint density at radius 1 is 1.42 bits per heavy atom. The van der Waals surface area contributed by atoms with Crippen LogP contribution in [-0.2, 0) is 0 Å². The van der Waals surface area contributed by atoms with Crippen LogP contribution >= 0.6 is 0 Å². The molecule has 3 heteroatoms. The fourth-order valence-electron chi connectivity index (χ4n) is 1.11. The fraction of sp³-hybridized carbons (Fsp3) is 0. The van der Waals surface area contributed by atoms with Crippen molar-refractivity contribution in [3.63, 3.8) is 0 Å². The van der Waals surface area contributed by atoms with Crippen molar-refractivity contribution in [1.29, 1.82) is 0 Å². The molecule has 3 nitrogen and oxygen atoms in total. The van der Waals surface area contributed by atoms with Crippen molar-refractivity contribution in [2.75, 3.05) is 0 Å². The van der Waals surface area contributed by atoms with Gasteiger partial charge in [0.05, 0.1) is 11.8 Å². The second kappa shape index (κ2) is 2.37. The van der Waals surface area contributed by atoms with Crippen LogP contribution in [0.5, 0.6) is 5.75 Å². The maximum Gasteiger partial charge on any atom is 0.153 e. The van der Waals surface area contributed by atoms with Gasteiger partial charge >= 0.3 is 0 Å². The number of fused-ring (bicyclic) bond motifs is 1. The number of carbonyl (C=O) groups excluding carboxylic acids is 1. The van der Waals surface area contributed by atoms with Crippen LogP contribution in [0.3, 0.4) is 0 Å². The molecule has 0 saturated heterocycles. The van der Waals surface area contributed by atoms with Gasteiger partial charge in [-0.3, -0.25) is 4.79 Å². The molecule has 2 aromatic rings. The van der Waals surface area contributed by atoms with Gasteiger partial charge in [0.25, 0.3) is 0 Å². The van der Waals surface area contributed by atoms with Crippen molar-refractivity contribution in [3.8, 4) is 5.75 Å². The first-order valence-electron chi connectivity index (χ1n) is 3.46. The molecule has 1 heterocycles. The Morgan fingerprint density at radius 2 is 2.25 bits per heavy atom. The van der Waals surface area contributed by atoms with E-state index in [9.17, 15) is 9.90 Å². The van der Waals surface area contributed by atoms with Gasteiger partial charge in [-0.15, -0.1) is 0 Å². The highest BCUT2D eigenvalue weighted by molar-refractivity contribution is 5.89. The molecule has 12 heavy (non-hydrogen) atoms. The summed E-state index contributed by atoms with van der Waals surface area (Å²) in [6.45, 7) is 0. The van der Waals surface area contributed by atoms with Crippen LogP contribution in [0.25, 0.3) is 11.0 Å². The van der Waals surface area contributed by atoms with Gasteiger partial charge < -0.3 is 9.52 Å². The average Bonchev–Trinajstić information content (AvgIpc) is 2.49. The van der Waals surface area contributed by atoms with Gasteiger partial charge in [-0.05, 0) is 12.1 Å². The third-order valence-electron chi connectivity index (χ3n) is 1.73. The normalized spacial score (nSPS) is 10.3. The third kappa shape index (κ3) is 0.871. The molecule has 0 bridgehead atoms. The first-order chi connectivity index (χ1) is 5.81. The van der Waals surface area contributed by atoms with Gasteiger partial charge in [-0.25, -0.2) is 0 Å². The van der Waals surface area contributed by atoms with Crippen LogP contribution in [0, 0.1) is 0 Å². The minimum atomic E-state index is -0.0487. The summed E-state index contributed by atoms with van der Waals surface area (Å²) in [4.78, 5) is 10.4. The number of benzene rings is 1. The second-order valence-electron chi connectivity index (χ2n) is 2.49. The Morgan fingerprint density at radius 3 is 3.00 bits per heavy atom. The van der Waals surface area contributed by atoms with Crippen LogP contribution in [0.2, 0.25) is 0 Å². The summed E-state index contributed by atoms with van der Waals surface area (Å²) in [6.07, 6.45) is 2.13. The summed E-state index contributed by atoms with van der Waals surface area (Å²) >= 11 is 0. The number of rotatable bonds is 1. The second-order valence-corrected chi connectivity index (χ2v) is 2.49. The van der Waals surface area contributed by atoms with E-state index in [2.05, 4.69) is 0 Å². The lowest BCUT2D eigenvalue weighted by molar-refractivity contribution is 0.112. The van der Waals surface area contributed by atoms with E-state index in [1.54, 1.807) is 12.1 Å². The molecule has 0 radical (unpaired) electrons. The molecule has 0 amide bonds. The van der Waals surface area contributed by atoms with Gasteiger partial charge in [0, 0.05) is 11.5 Å². The van der Waals surface area contributed by atoms with E-state index >= 15 is 0 Å². The highest BCUT2D eigenvalue weighted by Crippen LogP contribution is 2.24. The van der Waals surface area contributed by atoms with Crippen molar-refractivity contribution >= 4 is 17.3 Å². The van der Waals surface area contributed by atoms with E-state index < -0.39 is 0 Å². The molecule has 0 spiro atoms. The smallest absolute Gasteiger partial charge is 0.153 e. The monoisotopic (exact) mass is 162 g/mol. The molecule has 1 aromatic heterocycles. The zero-order valence-electron chi connectivity index (χ0n) is 6.15. The summed E-state index contributed by atoms with van der Waals surface area (Å²) in [6, 6.07) is 4.75. The lowest BCUT2D eigenvalue weighted by atomic mass is 10.1. The number of hydrogen-bond acceptors (Lipinski definition) is 3. The van der Waals surface area contributed by atoms with Crippen molar-refractivity contribution in [3.05, 3.63) is 30.0 Å². The molecule has 0 unspecified atom stereocenters. The molecular formula is C9H6O3. The summed E-state index contributed by atoms with van der Waals surface area (Å²) < 4.78 is 5.02. The number of carbonyl (C=O) groups is 1. The SMILES string of the molecule is O=Cc1cc2ccoc2cc1O. The van der Waals surface area contributed by atoms with E-state index in [4.69, 9.17) is 4.42 Å². The lowest BCUT2D eigenvalue weighted by Crippen LogP contribution is -1.79. The molecule has 0 fully saturated rings. The van der Waals surface area contributed by atoms with Gasteiger partial charge in [0.15, 0.2) is 6.29 Å². The quantitative estimate of drug-likeness (QED) is 0.652. The van der Waals surface area contributed by atoms with Crippen LogP contribution in [-0.4, -0.2) is 11.4 Å². The molecule has 1 aromatic carbocycles. The molecular weight excluding hydrogens is 156 g/mol. The Labute approximate surface area is 68.2 Å². The van der Waals surface area contributed by atoms with Crippen molar-refractivity contribution < 1.29 is 14.3 Å². The van der Waals surface area contributed by atoms with Gasteiger partial charge in [0.2, 0.25) is 0 Å². The Bertz CT molecular complexity index is 428. The van der Waals surface area contributed by atoms with E-state index in [0.29, 0.717) is 11.9 Å². The molecule has 1 N–H and O–H groups in total. The van der Waals surface area contributed by atoms with Crippen molar-refractivity contribution in [2.24, 2.45) is 0 Å². The number of phenols is 1. The van der Waals surface area contributed by atoms with Gasteiger partial charge in [-0.2, -0.15) is 0 Å². The Kier molecular flexibility index (Phi) is 1.37. The first kappa shape index (κ1) is 6.91. The van der Waals surface area contributed by atoms with Crippen LogP contribution < -0.4 is 0 Å². The Hall–Kier alpha value is -1.77. The number of hydrogen-bond donors (Lipinski definition) is 1. The van der Waals surface area contributed by atoms with Crippen molar-refractivity contribution in [1.82, 2.24) is 0 Å². The Balaban J connectivity index is 2.81. The summed E-state index contributed by atoms with van der Waals surface area (Å²) in [5.41, 5.74) is 0.863. The fourth-order valence-corrected chi connectivity index (χ4v) is 1.11. The van der Waals surface area contributed by atoms with E-state index in [1.165, 1.54) is 12.3 Å². The third-order valence-corrected chi connectivity index (χ3v) is 1.73. The summed E-state index contributed by atoms with van der Waals surface area (Å²) in [5.74, 6) is -0.0487. The predicted molar refractivity (Wildman–Crippen MR) is 43.3 cm³/mol. The van der Waals surface area contributed by atoms with E-state index in [-0.39, 0.29) is 11.3 Å². The lowest BCUT2D eigenvalue weighted by Gasteiger charge is -1.95. The topological polar surface area (TPSA) is 50.4 Å². The number of furan rings is 1. The predicted octanol–water partition coefficient (Wildman–Crippen LogP) is 1.95. The minimum Gasteiger partial charge on any atom is -0.507 e. The summed E-state index contributed by atoms with van der Waals surface area (Å²) in [7, 11) is 0. The molecule has 0 aliphatic heterocycles. The highest BCUT2D eigenvalue weighted by atomic mass is 16.3. The number of phenolic OH excluding ortho intramolecular Hbond substituents is 1. The van der Waals surface area contributed by atoms with Crippen LogP contribution in [0.1, 0.15) is 10.4 Å². The zero-order chi connectivity index (χ0) is 8.55. The first-order valence-corrected chi connectivity index (χ1v) is 3.46.